The predicted molar refractivity (Wildman–Crippen MR) is 71.2 cm³/mol. The van der Waals surface area contributed by atoms with Crippen molar-refractivity contribution in [3.63, 3.8) is 0 Å². The number of phosphoric acid groups is 2. The molecular weight excluding hydrogens is 378 g/mol. The minimum atomic E-state index is -4.88. The molecular formula is C9H20O13P2-2. The van der Waals surface area contributed by atoms with Crippen molar-refractivity contribution in [2.24, 2.45) is 0 Å². The van der Waals surface area contributed by atoms with E-state index in [-0.39, 0.29) is 0 Å². The molecule has 5 N–H and O–H groups in total. The van der Waals surface area contributed by atoms with Gasteiger partial charge < -0.3 is 53.4 Å². The fourth-order valence-electron chi connectivity index (χ4n) is 0.937. The van der Waals surface area contributed by atoms with Crippen LogP contribution in [0.1, 0.15) is 0 Å². The van der Waals surface area contributed by atoms with Gasteiger partial charge in [-0.1, -0.05) is 0 Å². The first-order valence-corrected chi connectivity index (χ1v) is 9.39. The fourth-order valence-corrected chi connectivity index (χ4v) is 2.51. The molecule has 0 heterocycles. The summed E-state index contributed by atoms with van der Waals surface area (Å²) >= 11 is 0. The van der Waals surface area contributed by atoms with Crippen molar-refractivity contribution < 1.29 is 62.5 Å². The normalized spacial score (nSPS) is 20.8. The molecule has 0 aromatic carbocycles. The Hall–Kier alpha value is 0.0200. The topological polar surface area (TPSA) is 218 Å². The molecule has 0 aliphatic carbocycles. The zero-order valence-corrected chi connectivity index (χ0v) is 14.2. The van der Waals surface area contributed by atoms with Crippen molar-refractivity contribution in [3.8, 4) is 0 Å². The third kappa shape index (κ3) is 12.4. The van der Waals surface area contributed by atoms with E-state index in [4.69, 9.17) is 20.4 Å². The fraction of sp³-hybridized carbons (Fsp3) is 1.00. The van der Waals surface area contributed by atoms with Crippen LogP contribution < -0.4 is 9.79 Å². The molecule has 0 saturated heterocycles. The largest absolute Gasteiger partial charge is 0.756 e. The molecule has 13 nitrogen and oxygen atoms in total. The molecule has 0 aliphatic heterocycles. The minimum absolute atomic E-state index is 0.736. The van der Waals surface area contributed by atoms with E-state index in [2.05, 4.69) is 18.1 Å². The minimum Gasteiger partial charge on any atom is -0.756 e. The molecule has 15 heteroatoms. The smallest absolute Gasteiger partial charge is 0.268 e. The Balaban J connectivity index is 4.10. The van der Waals surface area contributed by atoms with Gasteiger partial charge >= 0.3 is 0 Å². The Morgan fingerprint density at radius 2 is 0.917 bits per heavy atom. The first-order chi connectivity index (χ1) is 11.0. The van der Waals surface area contributed by atoms with E-state index < -0.39 is 73.6 Å². The maximum atomic E-state index is 11.2. The molecule has 0 amide bonds. The second-order valence-corrected chi connectivity index (χ2v) is 7.23. The molecule has 0 radical (unpaired) electrons. The lowest BCUT2D eigenvalue weighted by molar-refractivity contribution is -0.232. The Bertz CT molecular complexity index is 394. The average Bonchev–Trinajstić information content (AvgIpc) is 2.54. The number of aliphatic hydroxyl groups is 5. The van der Waals surface area contributed by atoms with E-state index in [1.165, 1.54) is 0 Å². The monoisotopic (exact) mass is 398 g/mol. The Morgan fingerprint density at radius 1 is 0.667 bits per heavy atom. The molecule has 0 bridgehead atoms. The summed E-state index contributed by atoms with van der Waals surface area (Å²) in [5, 5.41) is 44.1. The van der Waals surface area contributed by atoms with Gasteiger partial charge in [0.05, 0.1) is 39.6 Å². The zero-order valence-electron chi connectivity index (χ0n) is 12.4. The zero-order chi connectivity index (χ0) is 18.8. The lowest BCUT2D eigenvalue weighted by Crippen LogP contribution is -2.26. The number of hydrogen-bond acceptors (Lipinski definition) is 13. The van der Waals surface area contributed by atoms with Gasteiger partial charge in [0.2, 0.25) is 0 Å². The van der Waals surface area contributed by atoms with Gasteiger partial charge in [0, 0.05) is 0 Å². The highest BCUT2D eigenvalue weighted by Crippen LogP contribution is 2.40. The first-order valence-electron chi connectivity index (χ1n) is 6.47. The molecule has 0 aromatic rings. The summed E-state index contributed by atoms with van der Waals surface area (Å²) in [6.07, 6.45) is -4.57. The Kier molecular flexibility index (Phi) is 11.6. The van der Waals surface area contributed by atoms with Gasteiger partial charge in [-0.3, -0.25) is 9.13 Å². The summed E-state index contributed by atoms with van der Waals surface area (Å²) < 4.78 is 39.2. The number of phosphoric ester groups is 2. The van der Waals surface area contributed by atoms with Gasteiger partial charge in [-0.15, -0.1) is 0 Å². The van der Waals surface area contributed by atoms with Gasteiger partial charge in [0.15, 0.2) is 0 Å². The molecule has 24 heavy (non-hydrogen) atoms. The molecule has 146 valence electrons. The Morgan fingerprint density at radius 3 is 1.17 bits per heavy atom. The van der Waals surface area contributed by atoms with Crippen LogP contribution in [0.5, 0.6) is 0 Å². The number of aliphatic hydroxyl groups excluding tert-OH is 5. The van der Waals surface area contributed by atoms with E-state index in [0.29, 0.717) is 0 Å². The molecule has 0 spiro atoms. The standard InChI is InChI=1S/C9H22O13P2/c10-1-7(12)3-19-23(15,16)21-5-9(14)6-22-24(17,18)20-4-8(13)2-11/h7-14H,1-6H2,(H,15,16)(H,17,18)/p-2. The molecule has 0 aromatic heterocycles. The molecule has 4 atom stereocenters. The van der Waals surface area contributed by atoms with Crippen LogP contribution in [-0.4, -0.2) is 83.5 Å². The summed E-state index contributed by atoms with van der Waals surface area (Å²) in [7, 11) is -9.77. The van der Waals surface area contributed by atoms with Crippen molar-refractivity contribution >= 4 is 15.6 Å². The van der Waals surface area contributed by atoms with Crippen LogP contribution >= 0.6 is 15.6 Å². The maximum absolute atomic E-state index is 11.2. The SMILES string of the molecule is O=P([O-])(OCC(O)CO)OCC(O)COP(=O)([O-])OCC(O)CO. The molecule has 0 fully saturated rings. The third-order valence-corrected chi connectivity index (χ3v) is 3.98. The lowest BCUT2D eigenvalue weighted by Gasteiger charge is -2.27. The highest BCUT2D eigenvalue weighted by molar-refractivity contribution is 7.46. The number of hydrogen-bond donors (Lipinski definition) is 5. The lowest BCUT2D eigenvalue weighted by atomic mass is 10.4. The second kappa shape index (κ2) is 11.6. The van der Waals surface area contributed by atoms with E-state index in [1.54, 1.807) is 0 Å². The van der Waals surface area contributed by atoms with Crippen LogP contribution in [0, 0.1) is 0 Å². The summed E-state index contributed by atoms with van der Waals surface area (Å²) in [5.74, 6) is 0. The quantitative estimate of drug-likeness (QED) is 0.177. The van der Waals surface area contributed by atoms with Crippen LogP contribution in [0.15, 0.2) is 0 Å². The van der Waals surface area contributed by atoms with Gasteiger partial charge in [-0.2, -0.15) is 0 Å². The summed E-state index contributed by atoms with van der Waals surface area (Å²) in [6, 6.07) is 0. The van der Waals surface area contributed by atoms with Crippen molar-refractivity contribution in [1.29, 1.82) is 0 Å². The first kappa shape index (κ1) is 24.0. The van der Waals surface area contributed by atoms with Gasteiger partial charge in [-0.25, -0.2) is 0 Å². The van der Waals surface area contributed by atoms with Crippen LogP contribution in [0.25, 0.3) is 0 Å². The van der Waals surface area contributed by atoms with Crippen LogP contribution in [0.4, 0.5) is 0 Å². The molecule has 0 saturated carbocycles. The van der Waals surface area contributed by atoms with Crippen LogP contribution in [0.2, 0.25) is 0 Å². The molecule has 0 aliphatic rings. The van der Waals surface area contributed by atoms with Crippen LogP contribution in [0.3, 0.4) is 0 Å². The van der Waals surface area contributed by atoms with E-state index >= 15 is 0 Å². The Labute approximate surface area is 137 Å². The van der Waals surface area contributed by atoms with Gasteiger partial charge in [0.1, 0.15) is 18.3 Å². The highest BCUT2D eigenvalue weighted by Gasteiger charge is 2.18. The van der Waals surface area contributed by atoms with Crippen molar-refractivity contribution in [2.45, 2.75) is 18.3 Å². The molecule has 0 rings (SSSR count). The van der Waals surface area contributed by atoms with E-state index in [0.717, 1.165) is 0 Å². The summed E-state index contributed by atoms with van der Waals surface area (Å²) in [5.41, 5.74) is 0. The predicted octanol–water partition coefficient (Wildman–Crippen LogP) is -3.94. The summed E-state index contributed by atoms with van der Waals surface area (Å²) in [6.45, 7) is -4.81. The van der Waals surface area contributed by atoms with Gasteiger partial charge in [-0.05, 0) is 0 Å². The van der Waals surface area contributed by atoms with E-state index in [1.807, 2.05) is 0 Å². The highest BCUT2D eigenvalue weighted by atomic mass is 31.2. The third-order valence-electron chi connectivity index (χ3n) is 2.12. The second-order valence-electron chi connectivity index (χ2n) is 4.40. The van der Waals surface area contributed by atoms with Crippen molar-refractivity contribution in [3.05, 3.63) is 0 Å². The van der Waals surface area contributed by atoms with Crippen LogP contribution in [-0.2, 0) is 27.2 Å². The van der Waals surface area contributed by atoms with E-state index in [9.17, 15) is 24.0 Å². The summed E-state index contributed by atoms with van der Waals surface area (Å²) in [4.78, 5) is 22.4. The molecule has 4 unspecified atom stereocenters. The maximum Gasteiger partial charge on any atom is 0.268 e. The van der Waals surface area contributed by atoms with Gasteiger partial charge in [0.25, 0.3) is 15.6 Å². The van der Waals surface area contributed by atoms with Crippen molar-refractivity contribution in [1.82, 2.24) is 0 Å². The average molecular weight is 398 g/mol. The van der Waals surface area contributed by atoms with Crippen molar-refractivity contribution in [2.75, 3.05) is 39.6 Å². The number of rotatable bonds is 14.